The fourth-order valence-electron chi connectivity index (χ4n) is 2.71. The normalized spacial score (nSPS) is 10.3. The van der Waals surface area contributed by atoms with Crippen molar-refractivity contribution in [3.05, 3.63) is 88.4 Å². The lowest BCUT2D eigenvalue weighted by molar-refractivity contribution is 0.102. The van der Waals surface area contributed by atoms with Crippen molar-refractivity contribution in [2.45, 2.75) is 13.5 Å². The molecule has 3 aromatic carbocycles. The number of nitrogens with one attached hydrogen (secondary N) is 1. The number of carbonyl (C=O) groups is 1. The Bertz CT molecular complexity index is 956. The summed E-state index contributed by atoms with van der Waals surface area (Å²) in [6.45, 7) is 2.41. The molecule has 0 radical (unpaired) electrons. The second-order valence-corrected chi connectivity index (χ2v) is 6.51. The third kappa shape index (κ3) is 4.80. The summed E-state index contributed by atoms with van der Waals surface area (Å²) in [6.07, 6.45) is 0. The third-order valence-electron chi connectivity index (χ3n) is 4.02. The molecule has 27 heavy (non-hydrogen) atoms. The zero-order valence-corrected chi connectivity index (χ0v) is 15.9. The van der Waals surface area contributed by atoms with Crippen LogP contribution < -0.4 is 14.8 Å². The third-order valence-corrected chi connectivity index (χ3v) is 4.25. The van der Waals surface area contributed by atoms with Crippen molar-refractivity contribution < 1.29 is 14.3 Å². The van der Waals surface area contributed by atoms with E-state index >= 15 is 0 Å². The summed E-state index contributed by atoms with van der Waals surface area (Å²) in [5.41, 5.74) is 3.15. The Morgan fingerprint density at radius 3 is 2.59 bits per heavy atom. The van der Waals surface area contributed by atoms with Crippen LogP contribution in [0.5, 0.6) is 11.5 Å². The molecule has 0 heterocycles. The lowest BCUT2D eigenvalue weighted by atomic mass is 10.1. The number of amides is 1. The quantitative estimate of drug-likeness (QED) is 0.614. The van der Waals surface area contributed by atoms with Gasteiger partial charge in [-0.3, -0.25) is 4.79 Å². The highest BCUT2D eigenvalue weighted by molar-refractivity contribution is 6.31. The van der Waals surface area contributed by atoms with Crippen LogP contribution in [0.3, 0.4) is 0 Å². The molecule has 4 nitrogen and oxygen atoms in total. The van der Waals surface area contributed by atoms with Crippen molar-refractivity contribution in [2.24, 2.45) is 0 Å². The number of anilines is 1. The van der Waals surface area contributed by atoms with E-state index in [9.17, 15) is 4.79 Å². The van der Waals surface area contributed by atoms with Crippen molar-refractivity contribution in [1.82, 2.24) is 0 Å². The monoisotopic (exact) mass is 381 g/mol. The molecule has 0 aliphatic rings. The maximum Gasteiger partial charge on any atom is 0.259 e. The molecule has 0 spiro atoms. The number of halogens is 1. The summed E-state index contributed by atoms with van der Waals surface area (Å²) in [6, 6.07) is 20.2. The molecule has 0 aromatic heterocycles. The maximum absolute atomic E-state index is 12.8. The largest absolute Gasteiger partial charge is 0.495 e. The summed E-state index contributed by atoms with van der Waals surface area (Å²) in [7, 11) is 1.54. The van der Waals surface area contributed by atoms with Gasteiger partial charge in [0.1, 0.15) is 18.1 Å². The smallest absolute Gasteiger partial charge is 0.259 e. The van der Waals surface area contributed by atoms with E-state index < -0.39 is 0 Å². The first-order valence-corrected chi connectivity index (χ1v) is 8.87. The molecular formula is C22H20ClNO3. The number of aryl methyl sites for hydroxylation is 1. The molecular weight excluding hydrogens is 362 g/mol. The molecule has 3 rings (SSSR count). The molecule has 1 amide bonds. The number of hydrogen-bond acceptors (Lipinski definition) is 3. The van der Waals surface area contributed by atoms with Gasteiger partial charge in [0.15, 0.2) is 0 Å². The molecule has 0 saturated heterocycles. The van der Waals surface area contributed by atoms with Gasteiger partial charge in [-0.15, -0.1) is 0 Å². The second kappa shape index (κ2) is 8.60. The SMILES string of the molecule is COc1ccc(Cl)cc1NC(=O)c1ccccc1OCc1cccc(C)c1. The van der Waals surface area contributed by atoms with E-state index in [0.29, 0.717) is 34.4 Å². The van der Waals surface area contributed by atoms with Gasteiger partial charge in [-0.25, -0.2) is 0 Å². The van der Waals surface area contributed by atoms with Gasteiger partial charge in [0.2, 0.25) is 0 Å². The highest BCUT2D eigenvalue weighted by Crippen LogP contribution is 2.29. The van der Waals surface area contributed by atoms with Crippen LogP contribution in [-0.2, 0) is 6.61 Å². The minimum absolute atomic E-state index is 0.296. The van der Waals surface area contributed by atoms with Crippen LogP contribution in [0.15, 0.2) is 66.7 Å². The van der Waals surface area contributed by atoms with Crippen molar-refractivity contribution in [2.75, 3.05) is 12.4 Å². The van der Waals surface area contributed by atoms with E-state index in [0.717, 1.165) is 11.1 Å². The van der Waals surface area contributed by atoms with Crippen molar-refractivity contribution in [3.8, 4) is 11.5 Å². The summed E-state index contributed by atoms with van der Waals surface area (Å²) >= 11 is 6.03. The Labute approximate surface area is 163 Å². The molecule has 0 bridgehead atoms. The number of methoxy groups -OCH3 is 1. The topological polar surface area (TPSA) is 47.6 Å². The first-order chi connectivity index (χ1) is 13.1. The van der Waals surface area contributed by atoms with Crippen LogP contribution in [0.4, 0.5) is 5.69 Å². The molecule has 0 fully saturated rings. The number of carbonyl (C=O) groups excluding carboxylic acids is 1. The molecule has 3 aromatic rings. The zero-order chi connectivity index (χ0) is 19.2. The zero-order valence-electron chi connectivity index (χ0n) is 15.2. The summed E-state index contributed by atoms with van der Waals surface area (Å²) in [5.74, 6) is 0.749. The fraction of sp³-hybridized carbons (Fsp3) is 0.136. The number of para-hydroxylation sites is 1. The van der Waals surface area contributed by atoms with E-state index in [-0.39, 0.29) is 5.91 Å². The van der Waals surface area contributed by atoms with Gasteiger partial charge in [0.25, 0.3) is 5.91 Å². The number of benzene rings is 3. The first-order valence-electron chi connectivity index (χ1n) is 8.49. The van der Waals surface area contributed by atoms with E-state index in [2.05, 4.69) is 11.4 Å². The maximum atomic E-state index is 12.8. The van der Waals surface area contributed by atoms with Gasteiger partial charge in [-0.2, -0.15) is 0 Å². The summed E-state index contributed by atoms with van der Waals surface area (Å²) < 4.78 is 11.2. The van der Waals surface area contributed by atoms with Gasteiger partial charge >= 0.3 is 0 Å². The molecule has 0 atom stereocenters. The lowest BCUT2D eigenvalue weighted by Crippen LogP contribution is -2.14. The van der Waals surface area contributed by atoms with Crippen molar-refractivity contribution in [1.29, 1.82) is 0 Å². The van der Waals surface area contributed by atoms with Crippen molar-refractivity contribution >= 4 is 23.2 Å². The Morgan fingerprint density at radius 2 is 1.81 bits per heavy atom. The van der Waals surface area contributed by atoms with E-state index in [4.69, 9.17) is 21.1 Å². The lowest BCUT2D eigenvalue weighted by Gasteiger charge is -2.14. The van der Waals surface area contributed by atoms with Gasteiger partial charge in [0, 0.05) is 5.02 Å². The minimum atomic E-state index is -0.296. The summed E-state index contributed by atoms with van der Waals surface area (Å²) in [5, 5.41) is 3.35. The average molecular weight is 382 g/mol. The van der Waals surface area contributed by atoms with Gasteiger partial charge in [0.05, 0.1) is 18.4 Å². The Morgan fingerprint density at radius 1 is 1.00 bits per heavy atom. The van der Waals surface area contributed by atoms with Crippen LogP contribution in [0.25, 0.3) is 0 Å². The fourth-order valence-corrected chi connectivity index (χ4v) is 2.88. The molecule has 1 N–H and O–H groups in total. The molecule has 0 unspecified atom stereocenters. The van der Waals surface area contributed by atoms with E-state index in [1.807, 2.05) is 31.2 Å². The minimum Gasteiger partial charge on any atom is -0.495 e. The van der Waals surface area contributed by atoms with Crippen LogP contribution >= 0.6 is 11.6 Å². The van der Waals surface area contributed by atoms with Crippen LogP contribution in [0.1, 0.15) is 21.5 Å². The number of rotatable bonds is 6. The highest BCUT2D eigenvalue weighted by atomic mass is 35.5. The van der Waals surface area contributed by atoms with Gasteiger partial charge < -0.3 is 14.8 Å². The second-order valence-electron chi connectivity index (χ2n) is 6.07. The number of hydrogen-bond donors (Lipinski definition) is 1. The predicted octanol–water partition coefficient (Wildman–Crippen LogP) is 5.49. The van der Waals surface area contributed by atoms with Crippen LogP contribution in [0.2, 0.25) is 5.02 Å². The van der Waals surface area contributed by atoms with Crippen molar-refractivity contribution in [3.63, 3.8) is 0 Å². The predicted molar refractivity (Wildman–Crippen MR) is 108 cm³/mol. The molecule has 5 heteroatoms. The Balaban J connectivity index is 1.79. The molecule has 0 aliphatic heterocycles. The van der Waals surface area contributed by atoms with Crippen LogP contribution in [0, 0.1) is 6.92 Å². The molecule has 0 aliphatic carbocycles. The molecule has 138 valence electrons. The van der Waals surface area contributed by atoms with E-state index in [1.165, 1.54) is 7.11 Å². The highest BCUT2D eigenvalue weighted by Gasteiger charge is 2.15. The Kier molecular flexibility index (Phi) is 5.99. The number of ether oxygens (including phenoxy) is 2. The van der Waals surface area contributed by atoms with Gasteiger partial charge in [-0.1, -0.05) is 53.6 Å². The summed E-state index contributed by atoms with van der Waals surface area (Å²) in [4.78, 5) is 12.8. The van der Waals surface area contributed by atoms with E-state index in [1.54, 1.807) is 36.4 Å². The molecule has 0 saturated carbocycles. The van der Waals surface area contributed by atoms with Crippen LogP contribution in [-0.4, -0.2) is 13.0 Å². The Hall–Kier alpha value is -2.98. The standard InChI is InChI=1S/C22H20ClNO3/c1-15-6-5-7-16(12-15)14-27-20-9-4-3-8-18(20)22(25)24-19-13-17(23)10-11-21(19)26-2/h3-13H,14H2,1-2H3,(H,24,25). The first kappa shape index (κ1) is 18.8. The van der Waals surface area contributed by atoms with Gasteiger partial charge in [-0.05, 0) is 42.8 Å². The average Bonchev–Trinajstić information content (AvgIpc) is 2.67.